The fraction of sp³-hybridized carbons (Fsp3) is 0.524. The molecule has 28 heavy (non-hydrogen) atoms. The number of imidazole rings is 1. The highest BCUT2D eigenvalue weighted by Gasteiger charge is 2.11. The number of hydrogen-bond donors (Lipinski definition) is 2. The lowest BCUT2D eigenvalue weighted by Crippen LogP contribution is -2.39. The normalized spacial score (nSPS) is 15.6. The van der Waals surface area contributed by atoms with E-state index in [2.05, 4.69) is 44.1 Å². The van der Waals surface area contributed by atoms with Crippen LogP contribution in [0.25, 0.3) is 11.3 Å². The number of ether oxygens (including phenoxy) is 1. The molecule has 3 rings (SSSR count). The van der Waals surface area contributed by atoms with E-state index in [0.29, 0.717) is 6.54 Å². The third-order valence-corrected chi connectivity index (χ3v) is 4.79. The van der Waals surface area contributed by atoms with Crippen molar-refractivity contribution in [1.29, 1.82) is 0 Å². The van der Waals surface area contributed by atoms with Crippen molar-refractivity contribution in [2.24, 2.45) is 4.99 Å². The third kappa shape index (κ3) is 6.07. The van der Waals surface area contributed by atoms with Crippen LogP contribution in [0.1, 0.15) is 19.2 Å². The second-order valence-corrected chi connectivity index (χ2v) is 7.01. The molecule has 1 fully saturated rings. The van der Waals surface area contributed by atoms with E-state index in [1.165, 1.54) is 0 Å². The summed E-state index contributed by atoms with van der Waals surface area (Å²) < 4.78 is 5.40. The number of aromatic nitrogens is 2. The van der Waals surface area contributed by atoms with Crippen molar-refractivity contribution < 1.29 is 4.74 Å². The van der Waals surface area contributed by atoms with Crippen molar-refractivity contribution in [1.82, 2.24) is 25.1 Å². The SMILES string of the molecule is CCNC(=NCCCN1CCOCC1)N(C)Cc1ncc(-c2ccccc2)[nH]1. The maximum atomic E-state index is 5.40. The first-order valence-corrected chi connectivity index (χ1v) is 10.1. The van der Waals surface area contributed by atoms with E-state index in [1.807, 2.05) is 31.4 Å². The highest BCUT2D eigenvalue weighted by molar-refractivity contribution is 5.79. The molecule has 152 valence electrons. The summed E-state index contributed by atoms with van der Waals surface area (Å²) in [5, 5.41) is 3.38. The van der Waals surface area contributed by atoms with Gasteiger partial charge < -0.3 is 19.9 Å². The van der Waals surface area contributed by atoms with Gasteiger partial charge in [0.15, 0.2) is 5.96 Å². The largest absolute Gasteiger partial charge is 0.379 e. The topological polar surface area (TPSA) is 68.8 Å². The second-order valence-electron chi connectivity index (χ2n) is 7.01. The first-order chi connectivity index (χ1) is 13.8. The molecule has 0 amide bonds. The average molecular weight is 385 g/mol. The van der Waals surface area contributed by atoms with Crippen LogP contribution in [0.3, 0.4) is 0 Å². The van der Waals surface area contributed by atoms with Crippen LogP contribution in [0.4, 0.5) is 0 Å². The van der Waals surface area contributed by atoms with Crippen LogP contribution in [0.2, 0.25) is 0 Å². The smallest absolute Gasteiger partial charge is 0.194 e. The Labute approximate surface area is 167 Å². The molecular weight excluding hydrogens is 352 g/mol. The van der Waals surface area contributed by atoms with Gasteiger partial charge in [0, 0.05) is 39.8 Å². The van der Waals surface area contributed by atoms with Gasteiger partial charge in [-0.2, -0.15) is 0 Å². The molecule has 0 unspecified atom stereocenters. The molecule has 7 nitrogen and oxygen atoms in total. The van der Waals surface area contributed by atoms with E-state index in [-0.39, 0.29) is 0 Å². The van der Waals surface area contributed by atoms with E-state index in [0.717, 1.165) is 75.4 Å². The minimum atomic E-state index is 0.683. The van der Waals surface area contributed by atoms with Gasteiger partial charge in [0.05, 0.1) is 31.6 Å². The monoisotopic (exact) mass is 384 g/mol. The van der Waals surface area contributed by atoms with E-state index >= 15 is 0 Å². The van der Waals surface area contributed by atoms with Gasteiger partial charge in [-0.3, -0.25) is 9.89 Å². The number of nitrogens with one attached hydrogen (secondary N) is 2. The van der Waals surface area contributed by atoms with E-state index in [4.69, 9.17) is 9.73 Å². The molecule has 2 heterocycles. The number of nitrogens with zero attached hydrogens (tertiary/aromatic N) is 4. The maximum absolute atomic E-state index is 5.40. The standard InChI is InChI=1S/C21H32N6O/c1-3-22-21(23-10-7-11-27-12-14-28-15-13-27)26(2)17-20-24-16-19(25-20)18-8-5-4-6-9-18/h4-6,8-9,16H,3,7,10-15,17H2,1-2H3,(H,22,23)(H,24,25). The molecule has 1 aromatic heterocycles. The Balaban J connectivity index is 1.52. The number of hydrogen-bond acceptors (Lipinski definition) is 4. The van der Waals surface area contributed by atoms with Gasteiger partial charge in [-0.15, -0.1) is 0 Å². The van der Waals surface area contributed by atoms with Gasteiger partial charge in [0.25, 0.3) is 0 Å². The van der Waals surface area contributed by atoms with E-state index in [9.17, 15) is 0 Å². The van der Waals surface area contributed by atoms with Gasteiger partial charge in [0.1, 0.15) is 5.82 Å². The summed E-state index contributed by atoms with van der Waals surface area (Å²) in [6.45, 7) is 9.29. The van der Waals surface area contributed by atoms with Gasteiger partial charge in [0.2, 0.25) is 0 Å². The molecule has 1 aromatic carbocycles. The summed E-state index contributed by atoms with van der Waals surface area (Å²) in [6, 6.07) is 10.3. The Morgan fingerprint density at radius 3 is 2.82 bits per heavy atom. The highest BCUT2D eigenvalue weighted by atomic mass is 16.5. The van der Waals surface area contributed by atoms with Crippen LogP contribution in [0.15, 0.2) is 41.5 Å². The van der Waals surface area contributed by atoms with Crippen molar-refractivity contribution in [3.63, 3.8) is 0 Å². The van der Waals surface area contributed by atoms with E-state index < -0.39 is 0 Å². The summed E-state index contributed by atoms with van der Waals surface area (Å²) in [6.07, 6.45) is 2.95. The van der Waals surface area contributed by atoms with Crippen LogP contribution < -0.4 is 5.32 Å². The molecule has 7 heteroatoms. The molecule has 1 saturated heterocycles. The van der Waals surface area contributed by atoms with Crippen molar-refractivity contribution in [2.75, 3.05) is 53.0 Å². The third-order valence-electron chi connectivity index (χ3n) is 4.79. The molecule has 2 N–H and O–H groups in total. The van der Waals surface area contributed by atoms with Gasteiger partial charge in [-0.05, 0) is 18.9 Å². The van der Waals surface area contributed by atoms with Crippen LogP contribution >= 0.6 is 0 Å². The van der Waals surface area contributed by atoms with Crippen LogP contribution in [-0.4, -0.2) is 78.7 Å². The first-order valence-electron chi connectivity index (χ1n) is 10.1. The van der Waals surface area contributed by atoms with Gasteiger partial charge in [-0.25, -0.2) is 4.98 Å². The molecular formula is C21H32N6O. The Morgan fingerprint density at radius 1 is 1.29 bits per heavy atom. The molecule has 2 aromatic rings. The van der Waals surface area contributed by atoms with Crippen LogP contribution in [0, 0.1) is 0 Å². The molecule has 1 aliphatic rings. The lowest BCUT2D eigenvalue weighted by Gasteiger charge is -2.26. The summed E-state index contributed by atoms with van der Waals surface area (Å²) in [4.78, 5) is 17.3. The van der Waals surface area contributed by atoms with Crippen molar-refractivity contribution in [3.8, 4) is 11.3 Å². The molecule has 0 radical (unpaired) electrons. The minimum absolute atomic E-state index is 0.683. The number of aliphatic imine (C=N–C) groups is 1. The number of H-pyrrole nitrogens is 1. The summed E-state index contributed by atoms with van der Waals surface area (Å²) >= 11 is 0. The van der Waals surface area contributed by atoms with Crippen molar-refractivity contribution in [3.05, 3.63) is 42.4 Å². The molecule has 0 spiro atoms. The Morgan fingerprint density at radius 2 is 2.07 bits per heavy atom. The highest BCUT2D eigenvalue weighted by Crippen LogP contribution is 2.16. The number of guanidine groups is 1. The predicted molar refractivity (Wildman–Crippen MR) is 113 cm³/mol. The molecule has 0 aliphatic carbocycles. The fourth-order valence-electron chi connectivity index (χ4n) is 3.28. The zero-order chi connectivity index (χ0) is 19.6. The molecule has 0 bridgehead atoms. The van der Waals surface area contributed by atoms with Crippen molar-refractivity contribution in [2.45, 2.75) is 19.9 Å². The molecule has 0 atom stereocenters. The number of benzene rings is 1. The Bertz CT molecular complexity index is 724. The average Bonchev–Trinajstić information content (AvgIpc) is 3.20. The maximum Gasteiger partial charge on any atom is 0.194 e. The van der Waals surface area contributed by atoms with Crippen LogP contribution in [-0.2, 0) is 11.3 Å². The second kappa shape index (κ2) is 10.8. The minimum Gasteiger partial charge on any atom is -0.379 e. The fourth-order valence-corrected chi connectivity index (χ4v) is 3.28. The van der Waals surface area contributed by atoms with Gasteiger partial charge in [-0.1, -0.05) is 30.3 Å². The number of aromatic amines is 1. The summed E-state index contributed by atoms with van der Waals surface area (Å²) in [5.41, 5.74) is 2.18. The summed E-state index contributed by atoms with van der Waals surface area (Å²) in [7, 11) is 2.05. The zero-order valence-corrected chi connectivity index (χ0v) is 17.0. The number of morpholine rings is 1. The zero-order valence-electron chi connectivity index (χ0n) is 17.0. The van der Waals surface area contributed by atoms with E-state index in [1.54, 1.807) is 0 Å². The van der Waals surface area contributed by atoms with Crippen LogP contribution in [0.5, 0.6) is 0 Å². The summed E-state index contributed by atoms with van der Waals surface area (Å²) in [5.74, 6) is 1.85. The lowest BCUT2D eigenvalue weighted by atomic mass is 10.2. The molecule has 1 aliphatic heterocycles. The van der Waals surface area contributed by atoms with Gasteiger partial charge >= 0.3 is 0 Å². The quantitative estimate of drug-likeness (QED) is 0.415. The predicted octanol–water partition coefficient (Wildman–Crippen LogP) is 2.20. The van der Waals surface area contributed by atoms with Crippen molar-refractivity contribution >= 4 is 5.96 Å². The Hall–Kier alpha value is -2.38. The lowest BCUT2D eigenvalue weighted by molar-refractivity contribution is 0.0377. The Kier molecular flexibility index (Phi) is 7.87. The first kappa shape index (κ1) is 20.4. The number of rotatable bonds is 8. The molecule has 0 saturated carbocycles.